The van der Waals surface area contributed by atoms with E-state index in [4.69, 9.17) is 4.52 Å². The third-order valence-corrected chi connectivity index (χ3v) is 2.83. The largest absolute Gasteiger partial charge is 0.359 e. The van der Waals surface area contributed by atoms with Crippen molar-refractivity contribution in [2.45, 2.75) is 26.2 Å². The lowest BCUT2D eigenvalue weighted by atomic mass is 9.93. The summed E-state index contributed by atoms with van der Waals surface area (Å²) in [6.07, 6.45) is 0. The first kappa shape index (κ1) is 15.5. The molecule has 1 aromatic heterocycles. The van der Waals surface area contributed by atoms with Crippen molar-refractivity contribution in [2.75, 3.05) is 10.6 Å². The summed E-state index contributed by atoms with van der Waals surface area (Å²) in [5.41, 5.74) is 0.182. The van der Waals surface area contributed by atoms with Gasteiger partial charge in [0.25, 0.3) is 5.69 Å². The predicted octanol–water partition coefficient (Wildman–Crippen LogP) is 3.52. The summed E-state index contributed by atoms with van der Waals surface area (Å²) in [6, 6.07) is 6.65. The van der Waals surface area contributed by atoms with E-state index >= 15 is 0 Å². The van der Waals surface area contributed by atoms with E-state index in [-0.39, 0.29) is 11.1 Å². The van der Waals surface area contributed by atoms with Crippen molar-refractivity contribution in [3.8, 4) is 0 Å². The summed E-state index contributed by atoms with van der Waals surface area (Å²) in [5, 5.41) is 19.4. The Balaban J connectivity index is 1.98. The fourth-order valence-electron chi connectivity index (χ4n) is 1.63. The standard InChI is InChI=1S/C14H16N4O4/c1-14(2,3)11-8-12(17-22-11)16-13(19)15-9-4-6-10(7-5-9)18(20)21/h4-8H,1-3H3,(H2,15,16,17,19). The summed E-state index contributed by atoms with van der Waals surface area (Å²) in [5.74, 6) is 0.947. The number of nitro benzene ring substituents is 1. The van der Waals surface area contributed by atoms with Crippen molar-refractivity contribution in [2.24, 2.45) is 0 Å². The average Bonchev–Trinajstić information content (AvgIpc) is 2.87. The summed E-state index contributed by atoms with van der Waals surface area (Å²) in [7, 11) is 0. The molecule has 0 saturated carbocycles. The molecule has 0 atom stereocenters. The predicted molar refractivity (Wildman–Crippen MR) is 80.9 cm³/mol. The third-order valence-electron chi connectivity index (χ3n) is 2.83. The van der Waals surface area contributed by atoms with Crippen LogP contribution >= 0.6 is 0 Å². The molecule has 0 radical (unpaired) electrons. The highest BCUT2D eigenvalue weighted by Gasteiger charge is 2.20. The van der Waals surface area contributed by atoms with Gasteiger partial charge in [0, 0.05) is 29.3 Å². The topological polar surface area (TPSA) is 110 Å². The molecule has 0 spiro atoms. The Morgan fingerprint density at radius 2 is 1.86 bits per heavy atom. The highest BCUT2D eigenvalue weighted by molar-refractivity contribution is 5.99. The maximum Gasteiger partial charge on any atom is 0.324 e. The Hall–Kier alpha value is -2.90. The molecule has 22 heavy (non-hydrogen) atoms. The van der Waals surface area contributed by atoms with E-state index in [0.29, 0.717) is 17.3 Å². The number of hydrogen-bond donors (Lipinski definition) is 2. The molecule has 1 aromatic carbocycles. The second-order valence-electron chi connectivity index (χ2n) is 5.71. The highest BCUT2D eigenvalue weighted by Crippen LogP contribution is 2.24. The first-order chi connectivity index (χ1) is 10.3. The summed E-state index contributed by atoms with van der Waals surface area (Å²) in [6.45, 7) is 5.90. The van der Waals surface area contributed by atoms with E-state index in [9.17, 15) is 14.9 Å². The molecule has 0 aliphatic rings. The highest BCUT2D eigenvalue weighted by atomic mass is 16.6. The second kappa shape index (κ2) is 5.84. The van der Waals surface area contributed by atoms with Gasteiger partial charge >= 0.3 is 6.03 Å². The molecule has 2 rings (SSSR count). The van der Waals surface area contributed by atoms with Crippen molar-refractivity contribution in [1.82, 2.24) is 5.16 Å². The maximum atomic E-state index is 11.8. The van der Waals surface area contributed by atoms with Crippen LogP contribution in [-0.4, -0.2) is 16.1 Å². The van der Waals surface area contributed by atoms with Gasteiger partial charge in [0.15, 0.2) is 5.82 Å². The molecule has 2 amide bonds. The van der Waals surface area contributed by atoms with Gasteiger partial charge in [0.2, 0.25) is 0 Å². The fourth-order valence-corrected chi connectivity index (χ4v) is 1.63. The normalized spacial score (nSPS) is 11.0. The number of non-ortho nitro benzene ring substituents is 1. The van der Waals surface area contributed by atoms with Crippen molar-refractivity contribution < 1.29 is 14.2 Å². The molecule has 0 saturated heterocycles. The molecule has 0 unspecified atom stereocenters. The van der Waals surface area contributed by atoms with Crippen LogP contribution in [0.3, 0.4) is 0 Å². The molecule has 1 heterocycles. The molecule has 2 N–H and O–H groups in total. The fraction of sp³-hybridized carbons (Fsp3) is 0.286. The zero-order valence-electron chi connectivity index (χ0n) is 12.4. The molecule has 0 aliphatic carbocycles. The van der Waals surface area contributed by atoms with Gasteiger partial charge in [-0.15, -0.1) is 0 Å². The van der Waals surface area contributed by atoms with Gasteiger partial charge in [-0.3, -0.25) is 15.4 Å². The van der Waals surface area contributed by atoms with E-state index in [0.717, 1.165) is 0 Å². The monoisotopic (exact) mass is 304 g/mol. The second-order valence-corrected chi connectivity index (χ2v) is 5.71. The Morgan fingerprint density at radius 3 is 2.36 bits per heavy atom. The van der Waals surface area contributed by atoms with Crippen LogP contribution in [-0.2, 0) is 5.41 Å². The van der Waals surface area contributed by atoms with E-state index in [1.165, 1.54) is 24.3 Å². The van der Waals surface area contributed by atoms with Gasteiger partial charge in [-0.25, -0.2) is 4.79 Å². The van der Waals surface area contributed by atoms with Crippen LogP contribution in [0.5, 0.6) is 0 Å². The Labute approximate surface area is 126 Å². The van der Waals surface area contributed by atoms with Gasteiger partial charge in [-0.1, -0.05) is 25.9 Å². The molecule has 0 fully saturated rings. The van der Waals surface area contributed by atoms with Crippen molar-refractivity contribution in [3.05, 3.63) is 46.2 Å². The molecule has 8 heteroatoms. The Kier molecular flexibility index (Phi) is 4.11. The number of nitro groups is 1. The van der Waals surface area contributed by atoms with Crippen LogP contribution in [0.1, 0.15) is 26.5 Å². The number of hydrogen-bond acceptors (Lipinski definition) is 5. The number of benzene rings is 1. The number of rotatable bonds is 3. The van der Waals surface area contributed by atoms with Crippen molar-refractivity contribution in [1.29, 1.82) is 0 Å². The first-order valence-electron chi connectivity index (χ1n) is 6.55. The average molecular weight is 304 g/mol. The number of urea groups is 1. The van der Waals surface area contributed by atoms with E-state index < -0.39 is 11.0 Å². The van der Waals surface area contributed by atoms with Crippen LogP contribution < -0.4 is 10.6 Å². The van der Waals surface area contributed by atoms with E-state index in [2.05, 4.69) is 15.8 Å². The van der Waals surface area contributed by atoms with Crippen LogP contribution in [0.25, 0.3) is 0 Å². The van der Waals surface area contributed by atoms with Crippen LogP contribution in [0, 0.1) is 10.1 Å². The van der Waals surface area contributed by atoms with Gasteiger partial charge in [-0.2, -0.15) is 0 Å². The number of carbonyl (C=O) groups is 1. The van der Waals surface area contributed by atoms with Crippen LogP contribution in [0.4, 0.5) is 22.0 Å². The summed E-state index contributed by atoms with van der Waals surface area (Å²) in [4.78, 5) is 21.9. The minimum atomic E-state index is -0.511. The zero-order valence-corrected chi connectivity index (χ0v) is 12.4. The number of nitrogens with one attached hydrogen (secondary N) is 2. The van der Waals surface area contributed by atoms with Crippen LogP contribution in [0.15, 0.2) is 34.9 Å². The summed E-state index contributed by atoms with van der Waals surface area (Å²) < 4.78 is 5.15. The maximum absolute atomic E-state index is 11.8. The summed E-state index contributed by atoms with van der Waals surface area (Å²) >= 11 is 0. The molecule has 0 aliphatic heterocycles. The molecule has 116 valence electrons. The van der Waals surface area contributed by atoms with Crippen molar-refractivity contribution >= 4 is 23.2 Å². The zero-order chi connectivity index (χ0) is 16.3. The quantitative estimate of drug-likeness (QED) is 0.665. The lowest BCUT2D eigenvalue weighted by Gasteiger charge is -2.12. The van der Waals surface area contributed by atoms with Gasteiger partial charge in [0.05, 0.1) is 4.92 Å². The van der Waals surface area contributed by atoms with Crippen LogP contribution in [0.2, 0.25) is 0 Å². The smallest absolute Gasteiger partial charge is 0.324 e. The lowest BCUT2D eigenvalue weighted by molar-refractivity contribution is -0.384. The SMILES string of the molecule is CC(C)(C)c1cc(NC(=O)Nc2ccc([N+](=O)[O-])cc2)no1. The number of nitrogens with zero attached hydrogens (tertiary/aromatic N) is 2. The first-order valence-corrected chi connectivity index (χ1v) is 6.55. The Morgan fingerprint density at radius 1 is 1.23 bits per heavy atom. The number of amides is 2. The number of carbonyl (C=O) groups excluding carboxylic acids is 1. The van der Waals surface area contributed by atoms with Crippen molar-refractivity contribution in [3.63, 3.8) is 0 Å². The lowest BCUT2D eigenvalue weighted by Crippen LogP contribution is -2.19. The van der Waals surface area contributed by atoms with E-state index in [1.807, 2.05) is 20.8 Å². The minimum absolute atomic E-state index is 0.0442. The van der Waals surface area contributed by atoms with Gasteiger partial charge in [0.1, 0.15) is 5.76 Å². The third kappa shape index (κ3) is 3.81. The Bertz CT molecular complexity index is 686. The number of anilines is 2. The van der Waals surface area contributed by atoms with Gasteiger partial charge < -0.3 is 9.84 Å². The molecular weight excluding hydrogens is 288 g/mol. The molecule has 8 nitrogen and oxygen atoms in total. The number of aromatic nitrogens is 1. The minimum Gasteiger partial charge on any atom is -0.359 e. The molecule has 0 bridgehead atoms. The molecular formula is C14H16N4O4. The van der Waals surface area contributed by atoms with E-state index in [1.54, 1.807) is 6.07 Å². The van der Waals surface area contributed by atoms with Gasteiger partial charge in [-0.05, 0) is 12.1 Å². The molecule has 2 aromatic rings.